The van der Waals surface area contributed by atoms with Crippen LogP contribution in [0.15, 0.2) is 0 Å². The van der Waals surface area contributed by atoms with Crippen LogP contribution in [-0.2, 0) is 24.1 Å². The Morgan fingerprint density at radius 2 is 2.24 bits per heavy atom. The molecular formula is C14H25NO5S. The number of carbonyl (C=O) groups excluding carboxylic acids is 1. The molecule has 122 valence electrons. The summed E-state index contributed by atoms with van der Waals surface area (Å²) in [6.07, 6.45) is 3.87. The molecule has 0 unspecified atom stereocenters. The summed E-state index contributed by atoms with van der Waals surface area (Å²) >= 11 is 0. The van der Waals surface area contributed by atoms with Gasteiger partial charge in [0.2, 0.25) is 5.91 Å². The van der Waals surface area contributed by atoms with Crippen LogP contribution in [0.3, 0.4) is 0 Å². The Hall–Kier alpha value is -0.660. The number of carbonyl (C=O) groups is 1. The van der Waals surface area contributed by atoms with Crippen LogP contribution in [0.4, 0.5) is 0 Å². The Morgan fingerprint density at radius 1 is 1.48 bits per heavy atom. The zero-order valence-corrected chi connectivity index (χ0v) is 13.7. The van der Waals surface area contributed by atoms with Gasteiger partial charge in [0.05, 0.1) is 12.7 Å². The van der Waals surface area contributed by atoms with E-state index in [0.717, 1.165) is 32.1 Å². The van der Waals surface area contributed by atoms with Crippen molar-refractivity contribution in [3.8, 4) is 0 Å². The lowest BCUT2D eigenvalue weighted by Gasteiger charge is -2.50. The van der Waals surface area contributed by atoms with Gasteiger partial charge in [-0.3, -0.25) is 4.79 Å². The minimum atomic E-state index is -3.29. The van der Waals surface area contributed by atoms with Gasteiger partial charge in [-0.25, -0.2) is 8.42 Å². The van der Waals surface area contributed by atoms with Gasteiger partial charge in [0.15, 0.2) is 9.84 Å². The summed E-state index contributed by atoms with van der Waals surface area (Å²) < 4.78 is 34.1. The second kappa shape index (κ2) is 6.62. The standard InChI is InChI=1S/C14H25NO5S/c1-3-19-11-14-6-4-8-20-12(14)5-7-15(10-14)13(16)9-21(2,17)18/h12H,3-11H2,1-2H3/t12-,14-/m1/s1. The van der Waals surface area contributed by atoms with E-state index in [1.165, 1.54) is 0 Å². The third-order valence-electron chi connectivity index (χ3n) is 4.32. The Bertz CT molecular complexity index is 478. The molecule has 2 aliphatic heterocycles. The highest BCUT2D eigenvalue weighted by atomic mass is 32.2. The van der Waals surface area contributed by atoms with Crippen molar-refractivity contribution in [2.75, 3.05) is 44.9 Å². The highest BCUT2D eigenvalue weighted by molar-refractivity contribution is 7.91. The topological polar surface area (TPSA) is 72.9 Å². The van der Waals surface area contributed by atoms with E-state index < -0.39 is 15.6 Å². The van der Waals surface area contributed by atoms with Gasteiger partial charge < -0.3 is 14.4 Å². The van der Waals surface area contributed by atoms with E-state index in [1.54, 1.807) is 4.90 Å². The molecule has 0 radical (unpaired) electrons. The number of ether oxygens (including phenoxy) is 2. The van der Waals surface area contributed by atoms with E-state index in [4.69, 9.17) is 9.47 Å². The summed E-state index contributed by atoms with van der Waals surface area (Å²) in [4.78, 5) is 13.8. The molecule has 0 N–H and O–H groups in total. The summed E-state index contributed by atoms with van der Waals surface area (Å²) in [5, 5.41) is 0. The maximum Gasteiger partial charge on any atom is 0.237 e. The zero-order valence-electron chi connectivity index (χ0n) is 12.8. The molecule has 0 aromatic heterocycles. The molecule has 21 heavy (non-hydrogen) atoms. The summed E-state index contributed by atoms with van der Waals surface area (Å²) in [5.41, 5.74) is -0.181. The van der Waals surface area contributed by atoms with Crippen molar-refractivity contribution >= 4 is 15.7 Å². The summed E-state index contributed by atoms with van der Waals surface area (Å²) in [6, 6.07) is 0. The highest BCUT2D eigenvalue weighted by Gasteiger charge is 2.47. The molecule has 6 nitrogen and oxygen atoms in total. The predicted octanol–water partition coefficient (Wildman–Crippen LogP) is 0.465. The first-order valence-corrected chi connectivity index (χ1v) is 9.57. The molecule has 2 fully saturated rings. The number of amides is 1. The minimum Gasteiger partial charge on any atom is -0.381 e. The van der Waals surface area contributed by atoms with Gasteiger partial charge >= 0.3 is 0 Å². The maximum atomic E-state index is 12.2. The van der Waals surface area contributed by atoms with Gasteiger partial charge in [-0.05, 0) is 26.2 Å². The molecule has 2 saturated heterocycles. The lowest BCUT2D eigenvalue weighted by atomic mass is 9.73. The molecule has 2 heterocycles. The first-order chi connectivity index (χ1) is 9.86. The molecule has 0 spiro atoms. The van der Waals surface area contributed by atoms with Gasteiger partial charge in [-0.1, -0.05) is 0 Å². The van der Waals surface area contributed by atoms with E-state index in [1.807, 2.05) is 6.92 Å². The lowest BCUT2D eigenvalue weighted by molar-refractivity contribution is -0.162. The molecule has 0 aromatic carbocycles. The minimum absolute atomic E-state index is 0.111. The van der Waals surface area contributed by atoms with Gasteiger partial charge in [0, 0.05) is 38.0 Å². The highest BCUT2D eigenvalue weighted by Crippen LogP contribution is 2.40. The van der Waals surface area contributed by atoms with E-state index >= 15 is 0 Å². The van der Waals surface area contributed by atoms with Crippen molar-refractivity contribution in [1.29, 1.82) is 0 Å². The summed E-state index contributed by atoms with van der Waals surface area (Å²) in [7, 11) is -3.29. The van der Waals surface area contributed by atoms with Crippen LogP contribution < -0.4 is 0 Å². The second-order valence-corrected chi connectivity index (χ2v) is 8.28. The van der Waals surface area contributed by atoms with Crippen LogP contribution in [-0.4, -0.2) is 70.2 Å². The number of nitrogens with zero attached hydrogens (tertiary/aromatic N) is 1. The van der Waals surface area contributed by atoms with E-state index in [2.05, 4.69) is 0 Å². The van der Waals surface area contributed by atoms with E-state index in [9.17, 15) is 13.2 Å². The Balaban J connectivity index is 2.09. The second-order valence-electron chi connectivity index (χ2n) is 6.14. The fraction of sp³-hybridized carbons (Fsp3) is 0.929. The van der Waals surface area contributed by atoms with E-state index in [-0.39, 0.29) is 17.4 Å². The fourth-order valence-corrected chi connectivity index (χ4v) is 3.97. The van der Waals surface area contributed by atoms with Crippen LogP contribution >= 0.6 is 0 Å². The molecular weight excluding hydrogens is 294 g/mol. The fourth-order valence-electron chi connectivity index (χ4n) is 3.33. The van der Waals surface area contributed by atoms with Gasteiger partial charge in [-0.15, -0.1) is 0 Å². The Morgan fingerprint density at radius 3 is 2.90 bits per heavy atom. The quantitative estimate of drug-likeness (QED) is 0.736. The molecule has 2 rings (SSSR count). The third kappa shape index (κ3) is 4.17. The molecule has 1 amide bonds. The molecule has 0 aliphatic carbocycles. The molecule has 0 saturated carbocycles. The normalized spacial score (nSPS) is 30.0. The third-order valence-corrected chi connectivity index (χ3v) is 5.09. The van der Waals surface area contributed by atoms with Gasteiger partial charge in [-0.2, -0.15) is 0 Å². The number of sulfone groups is 1. The monoisotopic (exact) mass is 319 g/mol. The number of piperidine rings is 1. The largest absolute Gasteiger partial charge is 0.381 e. The lowest BCUT2D eigenvalue weighted by Crippen LogP contribution is -2.58. The van der Waals surface area contributed by atoms with Crippen LogP contribution in [0.5, 0.6) is 0 Å². The zero-order chi connectivity index (χ0) is 15.5. The van der Waals surface area contributed by atoms with Gasteiger partial charge in [0.1, 0.15) is 5.75 Å². The molecule has 0 bridgehead atoms. The Labute approximate surface area is 126 Å². The van der Waals surface area contributed by atoms with Crippen LogP contribution in [0.25, 0.3) is 0 Å². The average molecular weight is 319 g/mol. The predicted molar refractivity (Wildman–Crippen MR) is 78.8 cm³/mol. The molecule has 7 heteroatoms. The van der Waals surface area contributed by atoms with Crippen molar-refractivity contribution < 1.29 is 22.7 Å². The first-order valence-electron chi connectivity index (χ1n) is 7.51. The van der Waals surface area contributed by atoms with Crippen molar-refractivity contribution in [3.05, 3.63) is 0 Å². The van der Waals surface area contributed by atoms with Crippen LogP contribution in [0, 0.1) is 5.41 Å². The summed E-state index contributed by atoms with van der Waals surface area (Å²) in [5.74, 6) is -0.721. The SMILES string of the molecule is CCOC[C@]12CCCO[C@@H]1CCN(C(=O)CS(C)(=O)=O)C2. The van der Waals surface area contributed by atoms with Crippen LogP contribution in [0.1, 0.15) is 26.2 Å². The average Bonchev–Trinajstić information content (AvgIpc) is 2.42. The van der Waals surface area contributed by atoms with Crippen LogP contribution in [0.2, 0.25) is 0 Å². The maximum absolute atomic E-state index is 12.2. The van der Waals surface area contributed by atoms with E-state index in [0.29, 0.717) is 26.3 Å². The molecule has 0 aromatic rings. The van der Waals surface area contributed by atoms with Crippen molar-refractivity contribution in [2.24, 2.45) is 5.41 Å². The van der Waals surface area contributed by atoms with Crippen molar-refractivity contribution in [2.45, 2.75) is 32.3 Å². The molecule has 2 aliphatic rings. The number of hydrogen-bond donors (Lipinski definition) is 0. The first kappa shape index (κ1) is 16.7. The number of fused-ring (bicyclic) bond motifs is 1. The van der Waals surface area contributed by atoms with Crippen molar-refractivity contribution in [1.82, 2.24) is 4.90 Å². The molecule has 2 atom stereocenters. The van der Waals surface area contributed by atoms with Gasteiger partial charge in [0.25, 0.3) is 0 Å². The number of rotatable bonds is 5. The van der Waals surface area contributed by atoms with Crippen molar-refractivity contribution in [3.63, 3.8) is 0 Å². The summed E-state index contributed by atoms with van der Waals surface area (Å²) in [6.45, 7) is 5.00. The Kier molecular flexibility index (Phi) is 5.27. The number of hydrogen-bond acceptors (Lipinski definition) is 5. The number of likely N-dealkylation sites (tertiary alicyclic amines) is 1. The smallest absolute Gasteiger partial charge is 0.237 e.